The largest absolute Gasteiger partial charge is 0.504 e. The van der Waals surface area contributed by atoms with Gasteiger partial charge in [0.1, 0.15) is 0 Å². The topological polar surface area (TPSA) is 49.7 Å². The van der Waals surface area contributed by atoms with Crippen LogP contribution in [-0.4, -0.2) is 23.4 Å². The van der Waals surface area contributed by atoms with E-state index in [-0.39, 0.29) is 17.3 Å². The number of benzene rings is 2. The number of phenols is 1. The van der Waals surface area contributed by atoms with Crippen LogP contribution in [-0.2, 0) is 6.42 Å². The fraction of sp³-hybridized carbons (Fsp3) is 0.474. The Morgan fingerprint density at radius 3 is 2.68 bits per heavy atom. The Balaban J connectivity index is 1.94. The summed E-state index contributed by atoms with van der Waals surface area (Å²) < 4.78 is 5.38. The van der Waals surface area contributed by atoms with Crippen molar-refractivity contribution >= 4 is 10.8 Å². The van der Waals surface area contributed by atoms with E-state index in [1.165, 1.54) is 16.5 Å². The molecule has 116 valence electrons. The minimum atomic E-state index is -0.185. The predicted octanol–water partition coefficient (Wildman–Crippen LogP) is 3.74. The van der Waals surface area contributed by atoms with Crippen LogP contribution in [0.2, 0.25) is 0 Å². The zero-order chi connectivity index (χ0) is 15.5. The number of aliphatic hydroxyl groups is 1. The molecule has 1 fully saturated rings. The second kappa shape index (κ2) is 4.63. The fourth-order valence-corrected chi connectivity index (χ4v) is 4.73. The molecule has 3 nitrogen and oxygen atoms in total. The molecule has 0 spiro atoms. The Morgan fingerprint density at radius 2 is 1.91 bits per heavy atom. The summed E-state index contributed by atoms with van der Waals surface area (Å²) in [6.07, 6.45) is 3.78. The van der Waals surface area contributed by atoms with Crippen LogP contribution < -0.4 is 4.74 Å². The number of hydrogen-bond acceptors (Lipinski definition) is 3. The maximum Gasteiger partial charge on any atom is 0.168 e. The smallest absolute Gasteiger partial charge is 0.168 e. The third-order valence-electron chi connectivity index (χ3n) is 6.06. The maximum atomic E-state index is 10.4. The highest BCUT2D eigenvalue weighted by atomic mass is 16.5. The number of aliphatic hydroxyl groups excluding tert-OH is 1. The number of ether oxygens (including phenoxy) is 1. The standard InChI is InChI=1S/C19H22O3/c1-19-10-9-12-11-5-7-16(20)18(22-2)14(11)4-3-13(12)15(19)6-8-17(19)21/h3-5,7,15,17,20-21H,6,8-10H2,1-2H3/t15-,17-,19-/m0/s1. The van der Waals surface area contributed by atoms with Gasteiger partial charge in [0.25, 0.3) is 0 Å². The number of aryl methyl sites for hydroxylation is 1. The Bertz CT molecular complexity index is 752. The van der Waals surface area contributed by atoms with Gasteiger partial charge in [0.2, 0.25) is 0 Å². The van der Waals surface area contributed by atoms with Gasteiger partial charge >= 0.3 is 0 Å². The number of rotatable bonds is 1. The normalized spacial score (nSPS) is 30.1. The number of hydrogen-bond donors (Lipinski definition) is 2. The van der Waals surface area contributed by atoms with Crippen molar-refractivity contribution in [3.8, 4) is 11.5 Å². The lowest BCUT2D eigenvalue weighted by Gasteiger charge is -2.40. The molecule has 22 heavy (non-hydrogen) atoms. The molecule has 2 aliphatic carbocycles. The molecule has 3 atom stereocenters. The Morgan fingerprint density at radius 1 is 1.14 bits per heavy atom. The molecule has 0 aliphatic heterocycles. The third-order valence-corrected chi connectivity index (χ3v) is 6.06. The van der Waals surface area contributed by atoms with E-state index >= 15 is 0 Å². The molecular formula is C19H22O3. The van der Waals surface area contributed by atoms with Crippen LogP contribution in [0.15, 0.2) is 24.3 Å². The molecular weight excluding hydrogens is 276 g/mol. The van der Waals surface area contributed by atoms with E-state index in [2.05, 4.69) is 19.1 Å². The van der Waals surface area contributed by atoms with E-state index in [1.54, 1.807) is 13.2 Å². The summed E-state index contributed by atoms with van der Waals surface area (Å²) >= 11 is 0. The van der Waals surface area contributed by atoms with Gasteiger partial charge in [0, 0.05) is 10.8 Å². The molecule has 0 amide bonds. The summed E-state index contributed by atoms with van der Waals surface area (Å²) in [7, 11) is 1.60. The monoisotopic (exact) mass is 298 g/mol. The first-order valence-corrected chi connectivity index (χ1v) is 8.06. The zero-order valence-corrected chi connectivity index (χ0v) is 13.1. The molecule has 3 heteroatoms. The van der Waals surface area contributed by atoms with E-state index in [0.29, 0.717) is 11.7 Å². The molecule has 1 saturated carbocycles. The zero-order valence-electron chi connectivity index (χ0n) is 13.1. The SMILES string of the molecule is COc1c(O)ccc2c3c(ccc12)[C@@H]1CC[C@H](O)[C@@]1(C)CC3. The summed E-state index contributed by atoms with van der Waals surface area (Å²) in [6.45, 7) is 2.24. The van der Waals surface area contributed by atoms with E-state index < -0.39 is 0 Å². The molecule has 0 unspecified atom stereocenters. The summed E-state index contributed by atoms with van der Waals surface area (Å²) in [5, 5.41) is 22.5. The second-order valence-electron chi connectivity index (χ2n) is 7.00. The quantitative estimate of drug-likeness (QED) is 0.843. The summed E-state index contributed by atoms with van der Waals surface area (Å²) in [5.41, 5.74) is 2.76. The summed E-state index contributed by atoms with van der Waals surface area (Å²) in [4.78, 5) is 0. The van der Waals surface area contributed by atoms with Gasteiger partial charge in [0.15, 0.2) is 11.5 Å². The van der Waals surface area contributed by atoms with Gasteiger partial charge in [-0.3, -0.25) is 0 Å². The third kappa shape index (κ3) is 1.66. The van der Waals surface area contributed by atoms with Crippen LogP contribution in [0.4, 0.5) is 0 Å². The fourth-order valence-electron chi connectivity index (χ4n) is 4.73. The first kappa shape index (κ1) is 13.9. The van der Waals surface area contributed by atoms with Crippen molar-refractivity contribution in [3.05, 3.63) is 35.4 Å². The minimum absolute atomic E-state index is 0.0156. The highest BCUT2D eigenvalue weighted by Gasteiger charge is 2.49. The summed E-state index contributed by atoms with van der Waals surface area (Å²) in [5.74, 6) is 1.18. The summed E-state index contributed by atoms with van der Waals surface area (Å²) in [6, 6.07) is 7.96. The highest BCUT2D eigenvalue weighted by molar-refractivity contribution is 5.94. The van der Waals surface area contributed by atoms with Crippen LogP contribution in [0, 0.1) is 5.41 Å². The van der Waals surface area contributed by atoms with Crippen molar-refractivity contribution in [2.45, 2.75) is 44.6 Å². The highest BCUT2D eigenvalue weighted by Crippen LogP contribution is 2.56. The van der Waals surface area contributed by atoms with Crippen LogP contribution in [0.5, 0.6) is 11.5 Å². The lowest BCUT2D eigenvalue weighted by Crippen LogP contribution is -2.35. The molecule has 0 heterocycles. The average molecular weight is 298 g/mol. The van der Waals surface area contributed by atoms with Crippen molar-refractivity contribution in [2.24, 2.45) is 5.41 Å². The second-order valence-corrected chi connectivity index (χ2v) is 7.00. The van der Waals surface area contributed by atoms with Gasteiger partial charge in [-0.2, -0.15) is 0 Å². The molecule has 2 aromatic rings. The number of fused-ring (bicyclic) bond motifs is 5. The number of aromatic hydroxyl groups is 1. The van der Waals surface area contributed by atoms with Gasteiger partial charge in [-0.1, -0.05) is 25.1 Å². The van der Waals surface area contributed by atoms with Gasteiger partial charge in [0.05, 0.1) is 13.2 Å². The lowest BCUT2D eigenvalue weighted by atomic mass is 9.65. The van der Waals surface area contributed by atoms with Crippen molar-refractivity contribution in [1.29, 1.82) is 0 Å². The van der Waals surface area contributed by atoms with E-state index in [4.69, 9.17) is 4.74 Å². The van der Waals surface area contributed by atoms with Crippen molar-refractivity contribution in [2.75, 3.05) is 7.11 Å². The first-order chi connectivity index (χ1) is 10.6. The molecule has 2 aromatic carbocycles. The predicted molar refractivity (Wildman–Crippen MR) is 86.6 cm³/mol. The number of methoxy groups -OCH3 is 1. The molecule has 0 saturated heterocycles. The van der Waals surface area contributed by atoms with E-state index in [9.17, 15) is 10.2 Å². The van der Waals surface area contributed by atoms with Gasteiger partial charge in [-0.25, -0.2) is 0 Å². The maximum absolute atomic E-state index is 10.4. The molecule has 0 aromatic heterocycles. The van der Waals surface area contributed by atoms with Crippen LogP contribution >= 0.6 is 0 Å². The van der Waals surface area contributed by atoms with Gasteiger partial charge in [-0.05, 0) is 54.2 Å². The Labute approximate surface area is 130 Å². The van der Waals surface area contributed by atoms with Crippen molar-refractivity contribution in [3.63, 3.8) is 0 Å². The Kier molecular flexibility index (Phi) is 2.92. The minimum Gasteiger partial charge on any atom is -0.504 e. The van der Waals surface area contributed by atoms with E-state index in [0.717, 1.165) is 31.1 Å². The van der Waals surface area contributed by atoms with Crippen molar-refractivity contribution in [1.82, 2.24) is 0 Å². The molecule has 4 rings (SSSR count). The lowest BCUT2D eigenvalue weighted by molar-refractivity contribution is 0.0459. The Hall–Kier alpha value is -1.74. The number of phenolic OH excluding ortho intramolecular Hbond substituents is 1. The first-order valence-electron chi connectivity index (χ1n) is 8.06. The van der Waals surface area contributed by atoms with Crippen molar-refractivity contribution < 1.29 is 14.9 Å². The molecule has 2 N–H and O–H groups in total. The van der Waals surface area contributed by atoms with Crippen LogP contribution in [0.25, 0.3) is 10.8 Å². The molecule has 2 aliphatic rings. The van der Waals surface area contributed by atoms with Crippen LogP contribution in [0.3, 0.4) is 0 Å². The van der Waals surface area contributed by atoms with E-state index in [1.807, 2.05) is 6.07 Å². The van der Waals surface area contributed by atoms with Gasteiger partial charge in [-0.15, -0.1) is 0 Å². The van der Waals surface area contributed by atoms with Crippen LogP contribution in [0.1, 0.15) is 43.2 Å². The molecule has 0 radical (unpaired) electrons. The average Bonchev–Trinajstić information content (AvgIpc) is 2.82. The van der Waals surface area contributed by atoms with Gasteiger partial charge < -0.3 is 14.9 Å². The molecule has 0 bridgehead atoms.